The summed E-state index contributed by atoms with van der Waals surface area (Å²) in [6, 6.07) is 14.9. The minimum Gasteiger partial charge on any atom is -0.473 e. The molecule has 2 heteroatoms. The lowest BCUT2D eigenvalue weighted by Crippen LogP contribution is -1.96. The number of rotatable bonds is 12. The SMILES string of the molecule is CCCCCCCCCCP(CC)Oc1cccc2ccccc12. The summed E-state index contributed by atoms with van der Waals surface area (Å²) in [4.78, 5) is 0. The maximum absolute atomic E-state index is 6.40. The fraction of sp³-hybridized carbons (Fsp3) is 0.545. The molecule has 1 atom stereocenters. The molecule has 0 saturated heterocycles. The molecule has 24 heavy (non-hydrogen) atoms. The van der Waals surface area contributed by atoms with Gasteiger partial charge in [-0.15, -0.1) is 0 Å². The van der Waals surface area contributed by atoms with Crippen LogP contribution in [0.5, 0.6) is 5.75 Å². The monoisotopic (exact) mass is 344 g/mol. The third kappa shape index (κ3) is 6.44. The minimum absolute atomic E-state index is 0.338. The van der Waals surface area contributed by atoms with Crippen LogP contribution in [-0.2, 0) is 0 Å². The molecule has 2 aromatic rings. The van der Waals surface area contributed by atoms with E-state index in [4.69, 9.17) is 4.52 Å². The highest BCUT2D eigenvalue weighted by Crippen LogP contribution is 2.41. The van der Waals surface area contributed by atoms with Crippen molar-refractivity contribution in [2.75, 3.05) is 12.3 Å². The van der Waals surface area contributed by atoms with Crippen molar-refractivity contribution in [3.63, 3.8) is 0 Å². The average Bonchev–Trinajstić information content (AvgIpc) is 2.63. The van der Waals surface area contributed by atoms with E-state index in [1.165, 1.54) is 68.3 Å². The van der Waals surface area contributed by atoms with Gasteiger partial charge in [-0.05, 0) is 17.9 Å². The van der Waals surface area contributed by atoms with Gasteiger partial charge in [0.05, 0.1) is 8.15 Å². The van der Waals surface area contributed by atoms with Gasteiger partial charge in [0, 0.05) is 17.7 Å². The van der Waals surface area contributed by atoms with E-state index in [2.05, 4.69) is 56.3 Å². The first-order valence-corrected chi connectivity index (χ1v) is 11.4. The Morgan fingerprint density at radius 3 is 2.17 bits per heavy atom. The largest absolute Gasteiger partial charge is 0.473 e. The molecule has 0 N–H and O–H groups in total. The topological polar surface area (TPSA) is 9.23 Å². The normalized spacial score (nSPS) is 12.4. The Hall–Kier alpha value is -1.07. The van der Waals surface area contributed by atoms with Crippen molar-refractivity contribution >= 4 is 18.9 Å². The molecule has 2 aromatic carbocycles. The second kappa shape index (κ2) is 11.5. The third-order valence-electron chi connectivity index (χ3n) is 4.59. The number of benzene rings is 2. The second-order valence-corrected chi connectivity index (χ2v) is 8.79. The van der Waals surface area contributed by atoms with Crippen molar-refractivity contribution < 1.29 is 4.52 Å². The Morgan fingerprint density at radius 1 is 0.750 bits per heavy atom. The van der Waals surface area contributed by atoms with Gasteiger partial charge in [-0.3, -0.25) is 0 Å². The van der Waals surface area contributed by atoms with E-state index < -0.39 is 0 Å². The summed E-state index contributed by atoms with van der Waals surface area (Å²) in [5, 5.41) is 2.52. The predicted molar refractivity (Wildman–Crippen MR) is 110 cm³/mol. The van der Waals surface area contributed by atoms with Gasteiger partial charge in [0.25, 0.3) is 0 Å². The summed E-state index contributed by atoms with van der Waals surface area (Å²) in [6.07, 6.45) is 13.5. The summed E-state index contributed by atoms with van der Waals surface area (Å²) in [7, 11) is -0.338. The maximum Gasteiger partial charge on any atom is 0.131 e. The van der Waals surface area contributed by atoms with Gasteiger partial charge in [-0.25, -0.2) is 0 Å². The molecule has 0 aliphatic carbocycles. The van der Waals surface area contributed by atoms with E-state index in [0.717, 1.165) is 11.9 Å². The van der Waals surface area contributed by atoms with Crippen molar-refractivity contribution in [1.82, 2.24) is 0 Å². The van der Waals surface area contributed by atoms with Crippen LogP contribution in [0.3, 0.4) is 0 Å². The van der Waals surface area contributed by atoms with E-state index in [1.54, 1.807) is 0 Å². The Bertz CT molecular complexity index is 576. The van der Waals surface area contributed by atoms with Crippen molar-refractivity contribution in [1.29, 1.82) is 0 Å². The van der Waals surface area contributed by atoms with Crippen LogP contribution in [0, 0.1) is 0 Å². The van der Waals surface area contributed by atoms with Gasteiger partial charge in [-0.1, -0.05) is 95.2 Å². The fourth-order valence-electron chi connectivity index (χ4n) is 3.10. The van der Waals surface area contributed by atoms with Gasteiger partial charge in [0.15, 0.2) is 0 Å². The summed E-state index contributed by atoms with van der Waals surface area (Å²) in [5.74, 6) is 1.07. The molecular weight excluding hydrogens is 311 g/mol. The van der Waals surface area contributed by atoms with E-state index in [-0.39, 0.29) is 8.15 Å². The summed E-state index contributed by atoms with van der Waals surface area (Å²) in [6.45, 7) is 4.55. The zero-order valence-corrected chi connectivity index (χ0v) is 16.4. The first kappa shape index (κ1) is 19.3. The minimum atomic E-state index is -0.338. The van der Waals surface area contributed by atoms with E-state index in [0.29, 0.717) is 0 Å². The molecule has 0 radical (unpaired) electrons. The van der Waals surface area contributed by atoms with Crippen LogP contribution in [0.1, 0.15) is 65.2 Å². The molecule has 0 aliphatic rings. The van der Waals surface area contributed by atoms with Gasteiger partial charge >= 0.3 is 0 Å². The first-order valence-electron chi connectivity index (χ1n) is 9.75. The Morgan fingerprint density at radius 2 is 1.42 bits per heavy atom. The van der Waals surface area contributed by atoms with Crippen LogP contribution < -0.4 is 4.52 Å². The average molecular weight is 344 g/mol. The molecule has 0 fully saturated rings. The Kier molecular flexibility index (Phi) is 9.21. The molecule has 132 valence electrons. The lowest BCUT2D eigenvalue weighted by Gasteiger charge is -2.18. The molecule has 0 bridgehead atoms. The highest BCUT2D eigenvalue weighted by atomic mass is 31.1. The van der Waals surface area contributed by atoms with E-state index in [1.807, 2.05) is 0 Å². The molecule has 1 unspecified atom stereocenters. The molecular formula is C22H33OP. The van der Waals surface area contributed by atoms with Crippen molar-refractivity contribution in [3.8, 4) is 5.75 Å². The number of hydrogen-bond acceptors (Lipinski definition) is 1. The second-order valence-electron chi connectivity index (χ2n) is 6.57. The van der Waals surface area contributed by atoms with Crippen molar-refractivity contribution in [2.24, 2.45) is 0 Å². The first-order chi connectivity index (χ1) is 11.8. The van der Waals surface area contributed by atoms with Crippen LogP contribution in [0.15, 0.2) is 42.5 Å². The van der Waals surface area contributed by atoms with Crippen molar-refractivity contribution in [2.45, 2.75) is 65.2 Å². The van der Waals surface area contributed by atoms with E-state index in [9.17, 15) is 0 Å². The summed E-state index contributed by atoms with van der Waals surface area (Å²) >= 11 is 0. The fourth-order valence-corrected chi connectivity index (χ4v) is 4.66. The molecule has 0 amide bonds. The molecule has 0 aliphatic heterocycles. The number of fused-ring (bicyclic) bond motifs is 1. The van der Waals surface area contributed by atoms with Gasteiger partial charge < -0.3 is 4.52 Å². The lowest BCUT2D eigenvalue weighted by molar-refractivity contribution is 0.578. The number of hydrogen-bond donors (Lipinski definition) is 0. The smallest absolute Gasteiger partial charge is 0.131 e. The highest BCUT2D eigenvalue weighted by molar-refractivity contribution is 7.52. The zero-order valence-electron chi connectivity index (χ0n) is 15.5. The highest BCUT2D eigenvalue weighted by Gasteiger charge is 2.10. The molecule has 0 aromatic heterocycles. The summed E-state index contributed by atoms with van der Waals surface area (Å²) in [5.41, 5.74) is 0. The van der Waals surface area contributed by atoms with Crippen molar-refractivity contribution in [3.05, 3.63) is 42.5 Å². The van der Waals surface area contributed by atoms with Crippen LogP contribution in [0.4, 0.5) is 0 Å². The molecule has 0 saturated carbocycles. The van der Waals surface area contributed by atoms with Gasteiger partial charge in [-0.2, -0.15) is 0 Å². The van der Waals surface area contributed by atoms with Crippen LogP contribution in [0.25, 0.3) is 10.8 Å². The molecule has 2 rings (SSSR count). The third-order valence-corrected chi connectivity index (χ3v) is 6.57. The standard InChI is InChI=1S/C22H33OP/c1-3-5-6-7-8-9-10-13-19-24(4-2)23-22-18-14-16-20-15-11-12-17-21(20)22/h11-12,14-18H,3-10,13,19H2,1-2H3. The van der Waals surface area contributed by atoms with Crippen LogP contribution in [-0.4, -0.2) is 12.3 Å². The van der Waals surface area contributed by atoms with Crippen LogP contribution >= 0.6 is 8.15 Å². The van der Waals surface area contributed by atoms with Crippen LogP contribution in [0.2, 0.25) is 0 Å². The van der Waals surface area contributed by atoms with Gasteiger partial charge in [0.2, 0.25) is 0 Å². The lowest BCUT2D eigenvalue weighted by atomic mass is 10.1. The zero-order chi connectivity index (χ0) is 17.0. The molecule has 0 heterocycles. The van der Waals surface area contributed by atoms with Gasteiger partial charge in [0.1, 0.15) is 5.75 Å². The quantitative estimate of drug-likeness (QED) is 0.282. The Labute approximate surface area is 149 Å². The van der Waals surface area contributed by atoms with E-state index >= 15 is 0 Å². The Balaban J connectivity index is 1.74. The molecule has 1 nitrogen and oxygen atoms in total. The maximum atomic E-state index is 6.40. The predicted octanol–water partition coefficient (Wildman–Crippen LogP) is 7.78. The molecule has 0 spiro atoms. The summed E-state index contributed by atoms with van der Waals surface area (Å²) < 4.78 is 6.40. The number of unbranched alkanes of at least 4 members (excludes halogenated alkanes) is 7.